The molecule has 5 heteroatoms. The zero-order valence-electron chi connectivity index (χ0n) is 7.93. The van der Waals surface area contributed by atoms with Crippen LogP contribution in [0.25, 0.3) is 0 Å². The number of aryl methyl sites for hydroxylation is 1. The zero-order valence-corrected chi connectivity index (χ0v) is 7.93. The third kappa shape index (κ3) is 1.50. The minimum atomic E-state index is -0.940. The van der Waals surface area contributed by atoms with Crippen LogP contribution >= 0.6 is 0 Å². The van der Waals surface area contributed by atoms with Crippen LogP contribution in [-0.4, -0.2) is 34.1 Å². The summed E-state index contributed by atoms with van der Waals surface area (Å²) < 4.78 is 6.62. The topological polar surface area (TPSA) is 64.4 Å². The van der Waals surface area contributed by atoms with Crippen LogP contribution in [0, 0.1) is 0 Å². The Hall–Kier alpha value is -1.36. The molecule has 5 nitrogen and oxygen atoms in total. The quantitative estimate of drug-likeness (QED) is 0.753. The van der Waals surface area contributed by atoms with E-state index in [4.69, 9.17) is 9.84 Å². The van der Waals surface area contributed by atoms with Gasteiger partial charge in [0.05, 0.1) is 12.3 Å². The Kier molecular flexibility index (Phi) is 2.25. The molecule has 14 heavy (non-hydrogen) atoms. The monoisotopic (exact) mass is 196 g/mol. The van der Waals surface area contributed by atoms with Crippen LogP contribution < -0.4 is 0 Å². The van der Waals surface area contributed by atoms with Crippen LogP contribution in [0.3, 0.4) is 0 Å². The van der Waals surface area contributed by atoms with E-state index in [1.165, 1.54) is 4.68 Å². The van der Waals surface area contributed by atoms with Gasteiger partial charge in [-0.15, -0.1) is 0 Å². The van der Waals surface area contributed by atoms with E-state index in [-0.39, 0.29) is 11.6 Å². The lowest BCUT2D eigenvalue weighted by atomic mass is 10.1. The maximum absolute atomic E-state index is 10.8. The van der Waals surface area contributed by atoms with E-state index >= 15 is 0 Å². The first-order chi connectivity index (χ1) is 6.68. The molecule has 0 spiro atoms. The maximum Gasteiger partial charge on any atom is 0.354 e. The zero-order chi connectivity index (χ0) is 10.1. The summed E-state index contributed by atoms with van der Waals surface area (Å²) in [4.78, 5) is 10.8. The summed E-state index contributed by atoms with van der Waals surface area (Å²) >= 11 is 0. The molecule has 0 saturated carbocycles. The predicted octanol–water partition coefficient (Wildman–Crippen LogP) is 0.622. The fraction of sp³-hybridized carbons (Fsp3) is 0.556. The SMILES string of the molecule is Cn1nc([C@H]2CCOC2)cc1C(=O)O. The van der Waals surface area contributed by atoms with Gasteiger partial charge in [-0.05, 0) is 12.5 Å². The third-order valence-corrected chi connectivity index (χ3v) is 2.47. The van der Waals surface area contributed by atoms with E-state index in [0.29, 0.717) is 6.61 Å². The van der Waals surface area contributed by atoms with Gasteiger partial charge in [0.25, 0.3) is 0 Å². The summed E-state index contributed by atoms with van der Waals surface area (Å²) in [5.74, 6) is -0.681. The molecule has 1 N–H and O–H groups in total. The van der Waals surface area contributed by atoms with Crippen molar-refractivity contribution >= 4 is 5.97 Å². The maximum atomic E-state index is 10.8. The smallest absolute Gasteiger partial charge is 0.354 e. The number of nitrogens with zero attached hydrogens (tertiary/aromatic N) is 2. The number of hydrogen-bond acceptors (Lipinski definition) is 3. The third-order valence-electron chi connectivity index (χ3n) is 2.47. The van der Waals surface area contributed by atoms with Crippen molar-refractivity contribution in [2.75, 3.05) is 13.2 Å². The molecule has 1 atom stereocenters. The summed E-state index contributed by atoms with van der Waals surface area (Å²) in [6.07, 6.45) is 0.927. The average Bonchev–Trinajstić information content (AvgIpc) is 2.70. The van der Waals surface area contributed by atoms with Crippen molar-refractivity contribution in [1.82, 2.24) is 9.78 Å². The van der Waals surface area contributed by atoms with Gasteiger partial charge in [-0.25, -0.2) is 4.79 Å². The van der Waals surface area contributed by atoms with Crippen LogP contribution in [-0.2, 0) is 11.8 Å². The van der Waals surface area contributed by atoms with Crippen LogP contribution in [0.15, 0.2) is 6.07 Å². The lowest BCUT2D eigenvalue weighted by Crippen LogP contribution is -2.05. The van der Waals surface area contributed by atoms with Crippen molar-refractivity contribution in [3.8, 4) is 0 Å². The Labute approximate surface area is 81.3 Å². The highest BCUT2D eigenvalue weighted by Gasteiger charge is 2.22. The lowest BCUT2D eigenvalue weighted by molar-refractivity contribution is 0.0685. The van der Waals surface area contributed by atoms with E-state index in [9.17, 15) is 4.79 Å². The van der Waals surface area contributed by atoms with E-state index in [1.807, 2.05) is 0 Å². The average molecular weight is 196 g/mol. The van der Waals surface area contributed by atoms with Crippen LogP contribution in [0.1, 0.15) is 28.5 Å². The van der Waals surface area contributed by atoms with Gasteiger partial charge >= 0.3 is 5.97 Å². The van der Waals surface area contributed by atoms with Crippen LogP contribution in [0.2, 0.25) is 0 Å². The highest BCUT2D eigenvalue weighted by atomic mass is 16.5. The molecule has 2 rings (SSSR count). The molecule has 1 aliphatic heterocycles. The Morgan fingerprint density at radius 2 is 2.57 bits per heavy atom. The number of aromatic nitrogens is 2. The van der Waals surface area contributed by atoms with Crippen LogP contribution in [0.4, 0.5) is 0 Å². The first-order valence-electron chi connectivity index (χ1n) is 4.53. The Balaban J connectivity index is 2.27. The summed E-state index contributed by atoms with van der Waals surface area (Å²) in [6, 6.07) is 1.63. The fourth-order valence-corrected chi connectivity index (χ4v) is 1.66. The van der Waals surface area contributed by atoms with Gasteiger partial charge in [0.15, 0.2) is 0 Å². The van der Waals surface area contributed by atoms with E-state index in [0.717, 1.165) is 18.7 Å². The molecule has 0 bridgehead atoms. The van der Waals surface area contributed by atoms with Gasteiger partial charge in [-0.2, -0.15) is 5.10 Å². The summed E-state index contributed by atoms with van der Waals surface area (Å²) in [5, 5.41) is 13.0. The molecule has 1 fully saturated rings. The molecular formula is C9H12N2O3. The Morgan fingerprint density at radius 3 is 3.07 bits per heavy atom. The number of carbonyl (C=O) groups is 1. The van der Waals surface area contributed by atoms with Gasteiger partial charge < -0.3 is 9.84 Å². The number of aromatic carboxylic acids is 1. The first-order valence-corrected chi connectivity index (χ1v) is 4.53. The van der Waals surface area contributed by atoms with Crippen molar-refractivity contribution in [2.45, 2.75) is 12.3 Å². The number of ether oxygens (including phenoxy) is 1. The molecule has 76 valence electrons. The van der Waals surface area contributed by atoms with Crippen LogP contribution in [0.5, 0.6) is 0 Å². The molecule has 0 amide bonds. The Bertz CT molecular complexity index is 353. The molecule has 1 aliphatic rings. The van der Waals surface area contributed by atoms with E-state index in [2.05, 4.69) is 5.10 Å². The molecule has 0 unspecified atom stereocenters. The number of carboxylic acid groups (broad SMARTS) is 1. The summed E-state index contributed by atoms with van der Waals surface area (Å²) in [6.45, 7) is 1.39. The van der Waals surface area contributed by atoms with Gasteiger partial charge in [0, 0.05) is 19.6 Å². The summed E-state index contributed by atoms with van der Waals surface area (Å²) in [5.41, 5.74) is 1.05. The molecule has 1 saturated heterocycles. The standard InChI is InChI=1S/C9H12N2O3/c1-11-8(9(12)13)4-7(10-11)6-2-3-14-5-6/h4,6H,2-3,5H2,1H3,(H,12,13)/t6-/m0/s1. The highest BCUT2D eigenvalue weighted by Crippen LogP contribution is 2.24. The van der Waals surface area contributed by atoms with Crippen molar-refractivity contribution < 1.29 is 14.6 Å². The fourth-order valence-electron chi connectivity index (χ4n) is 1.66. The van der Waals surface area contributed by atoms with Crippen molar-refractivity contribution in [3.05, 3.63) is 17.5 Å². The molecule has 0 radical (unpaired) electrons. The molecule has 0 aromatic carbocycles. The molecule has 1 aromatic heterocycles. The highest BCUT2D eigenvalue weighted by molar-refractivity contribution is 5.85. The molecular weight excluding hydrogens is 184 g/mol. The number of rotatable bonds is 2. The van der Waals surface area contributed by atoms with Gasteiger partial charge in [0.1, 0.15) is 5.69 Å². The van der Waals surface area contributed by atoms with Crippen molar-refractivity contribution in [1.29, 1.82) is 0 Å². The molecule has 1 aromatic rings. The lowest BCUT2D eigenvalue weighted by Gasteiger charge is -2.00. The number of carboxylic acids is 1. The molecule has 0 aliphatic carbocycles. The van der Waals surface area contributed by atoms with E-state index < -0.39 is 5.97 Å². The Morgan fingerprint density at radius 1 is 1.79 bits per heavy atom. The first kappa shape index (κ1) is 9.21. The van der Waals surface area contributed by atoms with Crippen molar-refractivity contribution in [3.63, 3.8) is 0 Å². The minimum Gasteiger partial charge on any atom is -0.477 e. The van der Waals surface area contributed by atoms with Gasteiger partial charge in [0.2, 0.25) is 0 Å². The van der Waals surface area contributed by atoms with E-state index in [1.54, 1.807) is 13.1 Å². The second-order valence-electron chi connectivity index (χ2n) is 3.44. The number of hydrogen-bond donors (Lipinski definition) is 1. The molecule has 2 heterocycles. The summed E-state index contributed by atoms with van der Waals surface area (Å²) in [7, 11) is 1.64. The normalized spacial score (nSPS) is 21.4. The predicted molar refractivity (Wildman–Crippen MR) is 48.3 cm³/mol. The van der Waals surface area contributed by atoms with Crippen molar-refractivity contribution in [2.24, 2.45) is 7.05 Å². The second kappa shape index (κ2) is 3.42. The largest absolute Gasteiger partial charge is 0.477 e. The van der Waals surface area contributed by atoms with Gasteiger partial charge in [-0.1, -0.05) is 0 Å². The second-order valence-corrected chi connectivity index (χ2v) is 3.44. The minimum absolute atomic E-state index is 0.229. The van der Waals surface area contributed by atoms with Gasteiger partial charge in [-0.3, -0.25) is 4.68 Å².